The highest BCUT2D eigenvalue weighted by molar-refractivity contribution is 6.42. The number of Topliss-reactive ketones (excluding diaryl/α,β-unsaturated/α-hetero) is 1. The number of nitrogens with zero attached hydrogens (tertiary/aromatic N) is 5. The highest BCUT2D eigenvalue weighted by Gasteiger charge is 2.41. The van der Waals surface area contributed by atoms with Crippen molar-refractivity contribution in [3.05, 3.63) is 135 Å². The standard InChI is InChI=1S/C52H60N6O8/c1-33-29-37(39(31-41(33)57-23-13-14-24-57)53-51(63)49(35-17-9-7-10-18-35)65-43(59)21-27-55(3)4)45-47(61)46(48(45)62)38-30-34(2)42(58-25-15-16-26-58)32-40(38)54-52(64)50(36-19-11-8-12-20-36)66-44(60)22-28-56(5)6/h7-12,17-20,29-32,49-50,61H,13-16,21-28H2,1-6H3,(H,53,63). The monoisotopic (exact) mass is 896 g/mol. The van der Waals surface area contributed by atoms with E-state index in [4.69, 9.17) is 9.47 Å². The highest BCUT2D eigenvalue weighted by atomic mass is 16.6. The molecule has 14 heteroatoms. The van der Waals surface area contributed by atoms with Crippen molar-refractivity contribution in [2.24, 2.45) is 4.99 Å². The van der Waals surface area contributed by atoms with E-state index >= 15 is 0 Å². The number of rotatable bonds is 16. The Bertz CT molecular complexity index is 2510. The zero-order valence-electron chi connectivity index (χ0n) is 38.8. The molecule has 0 radical (unpaired) electrons. The number of aliphatic imine (C=N–C) groups is 1. The molecule has 0 bridgehead atoms. The highest BCUT2D eigenvalue weighted by Crippen LogP contribution is 2.45. The van der Waals surface area contributed by atoms with Crippen molar-refractivity contribution in [1.29, 1.82) is 0 Å². The number of aliphatic hydroxyl groups excluding tert-OH is 1. The summed E-state index contributed by atoms with van der Waals surface area (Å²) in [6.45, 7) is 7.92. The zero-order valence-corrected chi connectivity index (χ0v) is 38.8. The molecule has 2 aliphatic carbocycles. The van der Waals surface area contributed by atoms with E-state index in [0.717, 1.165) is 74.4 Å². The molecule has 2 fully saturated rings. The summed E-state index contributed by atoms with van der Waals surface area (Å²) in [4.78, 5) is 82.3. The lowest BCUT2D eigenvalue weighted by Crippen LogP contribution is -2.30. The predicted octanol–water partition coefficient (Wildman–Crippen LogP) is 7.06. The van der Waals surface area contributed by atoms with Gasteiger partial charge in [-0.3, -0.25) is 24.0 Å². The van der Waals surface area contributed by atoms with E-state index in [1.54, 1.807) is 78.9 Å². The summed E-state index contributed by atoms with van der Waals surface area (Å²) in [5.74, 6) is -3.34. The number of aliphatic hydroxyl groups is 1. The minimum absolute atomic E-state index is 0.0221. The Balaban J connectivity index is 1.31. The number of hydrogen-bond acceptors (Lipinski definition) is 12. The third kappa shape index (κ3) is 10.9. The van der Waals surface area contributed by atoms with Crippen molar-refractivity contribution in [3.63, 3.8) is 0 Å². The Kier molecular flexibility index (Phi) is 15.1. The van der Waals surface area contributed by atoms with Gasteiger partial charge >= 0.3 is 11.9 Å². The zero-order chi connectivity index (χ0) is 47.1. The van der Waals surface area contributed by atoms with Crippen molar-refractivity contribution in [2.45, 2.75) is 64.6 Å². The number of allylic oxidation sites excluding steroid dienone is 6. The van der Waals surface area contributed by atoms with Crippen LogP contribution < -0.4 is 10.2 Å². The van der Waals surface area contributed by atoms with Gasteiger partial charge in [0.25, 0.3) is 11.8 Å². The van der Waals surface area contributed by atoms with Gasteiger partial charge in [0, 0.05) is 72.9 Å². The average Bonchev–Trinajstić information content (AvgIpc) is 4.04. The number of aryl methyl sites for hydroxylation is 1. The molecule has 0 spiro atoms. The van der Waals surface area contributed by atoms with Crippen molar-refractivity contribution >= 4 is 52.2 Å². The molecular formula is C52H60N6O8. The first-order valence-electron chi connectivity index (χ1n) is 22.7. The lowest BCUT2D eigenvalue weighted by atomic mass is 9.77. The van der Waals surface area contributed by atoms with E-state index < -0.39 is 41.7 Å². The number of ketones is 1. The lowest BCUT2D eigenvalue weighted by molar-refractivity contribution is -0.155. The van der Waals surface area contributed by atoms with Crippen molar-refractivity contribution in [2.75, 3.05) is 77.7 Å². The molecule has 14 nitrogen and oxygen atoms in total. The smallest absolute Gasteiger partial charge is 0.308 e. The van der Waals surface area contributed by atoms with E-state index in [1.165, 1.54) is 0 Å². The second-order valence-corrected chi connectivity index (χ2v) is 17.8. The molecule has 0 saturated carbocycles. The molecule has 3 aromatic carbocycles. The number of ether oxygens (including phenoxy) is 2. The molecule has 2 saturated heterocycles. The van der Waals surface area contributed by atoms with Crippen LogP contribution in [-0.2, 0) is 33.4 Å². The van der Waals surface area contributed by atoms with E-state index in [2.05, 4.69) is 20.1 Å². The average molecular weight is 897 g/mol. The van der Waals surface area contributed by atoms with Gasteiger partial charge in [0.05, 0.1) is 35.4 Å². The van der Waals surface area contributed by atoms with Gasteiger partial charge in [0.1, 0.15) is 5.76 Å². The van der Waals surface area contributed by atoms with Gasteiger partial charge in [-0.05, 0) is 103 Å². The van der Waals surface area contributed by atoms with Crippen LogP contribution >= 0.6 is 0 Å². The molecule has 2 unspecified atom stereocenters. The molecule has 2 amide bonds. The molecule has 2 aliphatic heterocycles. The van der Waals surface area contributed by atoms with Crippen molar-refractivity contribution in [3.8, 4) is 0 Å². The number of carbonyl (C=O) groups is 5. The van der Waals surface area contributed by atoms with Crippen LogP contribution in [0.25, 0.3) is 5.57 Å². The molecule has 7 rings (SSSR count). The first kappa shape index (κ1) is 47.3. The quantitative estimate of drug-likeness (QED) is 0.111. The predicted molar refractivity (Wildman–Crippen MR) is 255 cm³/mol. The molecule has 346 valence electrons. The summed E-state index contributed by atoms with van der Waals surface area (Å²) in [6, 6.07) is 21.0. The summed E-state index contributed by atoms with van der Waals surface area (Å²) in [5.41, 5.74) is 5.13. The van der Waals surface area contributed by atoms with Gasteiger partial charge in [-0.2, -0.15) is 0 Å². The van der Waals surface area contributed by atoms with E-state index in [1.807, 2.05) is 57.9 Å². The minimum Gasteiger partial charge on any atom is -0.506 e. The van der Waals surface area contributed by atoms with Crippen LogP contribution in [0.5, 0.6) is 0 Å². The molecule has 2 N–H and O–H groups in total. The van der Waals surface area contributed by atoms with Gasteiger partial charge in [-0.15, -0.1) is 0 Å². The van der Waals surface area contributed by atoms with E-state index in [-0.39, 0.29) is 52.3 Å². The van der Waals surface area contributed by atoms with Gasteiger partial charge in [-0.25, -0.2) is 4.99 Å². The number of nitrogens with one attached hydrogen (secondary N) is 1. The van der Waals surface area contributed by atoms with Crippen LogP contribution in [0.1, 0.15) is 79.9 Å². The number of likely N-dealkylation sites (tertiary alicyclic amines) is 1. The summed E-state index contributed by atoms with van der Waals surface area (Å²) < 4.78 is 11.6. The van der Waals surface area contributed by atoms with E-state index in [9.17, 15) is 29.1 Å². The molecule has 66 heavy (non-hydrogen) atoms. The van der Waals surface area contributed by atoms with Gasteiger partial charge in [0.2, 0.25) is 18.0 Å². The third-order valence-electron chi connectivity index (χ3n) is 12.2. The van der Waals surface area contributed by atoms with Crippen LogP contribution in [0.3, 0.4) is 0 Å². The number of benzene rings is 3. The van der Waals surface area contributed by atoms with Crippen LogP contribution in [0, 0.1) is 6.92 Å². The fourth-order valence-electron chi connectivity index (χ4n) is 8.66. The molecule has 2 atom stereocenters. The van der Waals surface area contributed by atoms with E-state index in [0.29, 0.717) is 24.2 Å². The first-order chi connectivity index (χ1) is 31.7. The maximum absolute atomic E-state index is 14.7. The van der Waals surface area contributed by atoms with Crippen LogP contribution in [0.4, 0.5) is 11.4 Å². The number of amides is 2. The number of hydrogen-bond donors (Lipinski definition) is 2. The second kappa shape index (κ2) is 21.1. The fourth-order valence-corrected chi connectivity index (χ4v) is 8.66. The first-order valence-corrected chi connectivity index (χ1v) is 22.7. The van der Waals surface area contributed by atoms with Crippen LogP contribution in [-0.4, -0.2) is 123 Å². The maximum atomic E-state index is 14.7. The summed E-state index contributed by atoms with van der Waals surface area (Å²) in [6.07, 6.45) is 4.98. The lowest BCUT2D eigenvalue weighted by Gasteiger charge is -2.30. The Labute approximate surface area is 386 Å². The second-order valence-electron chi connectivity index (χ2n) is 17.8. The van der Waals surface area contributed by atoms with Gasteiger partial charge in [0.15, 0.2) is 0 Å². The Morgan fingerprint density at radius 3 is 1.80 bits per heavy atom. The van der Waals surface area contributed by atoms with Gasteiger partial charge in [-0.1, -0.05) is 60.7 Å². The Morgan fingerprint density at radius 2 is 1.26 bits per heavy atom. The normalized spacial score (nSPS) is 18.9. The van der Waals surface area contributed by atoms with Crippen LogP contribution in [0.15, 0.2) is 118 Å². The third-order valence-corrected chi connectivity index (χ3v) is 12.2. The topological polar surface area (TPSA) is 161 Å². The summed E-state index contributed by atoms with van der Waals surface area (Å²) >= 11 is 0. The van der Waals surface area contributed by atoms with Crippen molar-refractivity contribution < 1.29 is 38.6 Å². The Hall–Kier alpha value is -6.64. The molecule has 2 heterocycles. The van der Waals surface area contributed by atoms with Gasteiger partial charge < -0.3 is 39.5 Å². The van der Waals surface area contributed by atoms with Crippen molar-refractivity contribution in [1.82, 2.24) is 14.7 Å². The minimum atomic E-state index is -1.36. The molecular weight excluding hydrogens is 837 g/mol. The molecule has 4 aliphatic rings. The molecule has 3 aromatic rings. The fraction of sp³-hybridized carbons (Fsp3) is 0.385. The number of carbonyl (C=O) groups excluding carboxylic acids is 5. The maximum Gasteiger partial charge on any atom is 0.308 e. The largest absolute Gasteiger partial charge is 0.506 e. The summed E-state index contributed by atoms with van der Waals surface area (Å²) in [7, 11) is 7.36. The Morgan fingerprint density at radius 1 is 0.727 bits per heavy atom. The number of esters is 2. The molecule has 0 aromatic heterocycles. The summed E-state index contributed by atoms with van der Waals surface area (Å²) in [5, 5.41) is 15.1. The SMILES string of the molecule is CC1=CC(=C2C(=O)C(c3cc(C)c(N4CCCC4)cc3NC(=O)C(OC(=O)CCN(C)C)c3ccccc3)=C2O)C(=NC(=O)C(OC(=O)CCN(C)C)c2ccccc2)C=C1N1CCCC1. The van der Waals surface area contributed by atoms with Crippen LogP contribution in [0.2, 0.25) is 0 Å². The number of anilines is 2.